The Morgan fingerprint density at radius 1 is 1.31 bits per heavy atom. The first-order valence-corrected chi connectivity index (χ1v) is 11.9. The summed E-state index contributed by atoms with van der Waals surface area (Å²) in [6, 6.07) is 5.51. The second-order valence-corrected chi connectivity index (χ2v) is 10.2. The number of amides is 2. The normalized spacial score (nSPS) is 30.3. The lowest BCUT2D eigenvalue weighted by Crippen LogP contribution is -2.46. The van der Waals surface area contributed by atoms with Crippen molar-refractivity contribution in [1.29, 1.82) is 0 Å². The number of thioether (sulfide) groups is 1. The van der Waals surface area contributed by atoms with Crippen molar-refractivity contribution in [3.8, 4) is 0 Å². The van der Waals surface area contributed by atoms with Gasteiger partial charge in [-0.3, -0.25) is 9.59 Å². The van der Waals surface area contributed by atoms with Gasteiger partial charge in [0.2, 0.25) is 17.8 Å². The standard InChI is InChI=1S/C22H23FN6O2S/c23-14-8-25-22-26-12-2-1-10-3-4-29(15(10)7-12)17(30)9-32-16-6-11-5-13(16)19(18(11)20(24)31)27-21(14)28-22/h1-2,7-8,11,13,16,18-19H,3-6,9H2,(H2,24,31)(H2,25,26,27,28)/t11-,13-,16-,18+,19-/m1/s1. The second kappa shape index (κ2) is 7.33. The number of nitrogens with zero attached hydrogens (tertiary/aromatic N) is 3. The van der Waals surface area contributed by atoms with E-state index in [0.29, 0.717) is 12.3 Å². The van der Waals surface area contributed by atoms with Crippen molar-refractivity contribution in [1.82, 2.24) is 9.97 Å². The maximum atomic E-state index is 14.6. The number of carbonyl (C=O) groups excluding carboxylic acids is 2. The van der Waals surface area contributed by atoms with Crippen LogP contribution in [0.5, 0.6) is 0 Å². The molecular formula is C22H23FN6O2S. The Labute approximate surface area is 188 Å². The van der Waals surface area contributed by atoms with Crippen LogP contribution in [0, 0.1) is 23.6 Å². The molecule has 2 amide bonds. The van der Waals surface area contributed by atoms with E-state index in [9.17, 15) is 14.0 Å². The van der Waals surface area contributed by atoms with Crippen LogP contribution in [0.25, 0.3) is 0 Å². The van der Waals surface area contributed by atoms with Crippen molar-refractivity contribution in [2.45, 2.75) is 30.6 Å². The third-order valence-corrected chi connectivity index (χ3v) is 8.66. The molecule has 4 aliphatic rings. The average Bonchev–Trinajstić information content (AvgIpc) is 3.46. The van der Waals surface area contributed by atoms with Gasteiger partial charge in [0, 0.05) is 29.2 Å². The van der Waals surface area contributed by atoms with Crippen LogP contribution in [0.1, 0.15) is 18.4 Å². The third-order valence-electron chi connectivity index (χ3n) is 7.28. The van der Waals surface area contributed by atoms with Gasteiger partial charge in [-0.2, -0.15) is 4.98 Å². The number of hydrogen-bond acceptors (Lipinski definition) is 7. The summed E-state index contributed by atoms with van der Waals surface area (Å²) in [6.07, 6.45) is 3.62. The molecule has 2 saturated carbocycles. The molecule has 2 aliphatic heterocycles. The van der Waals surface area contributed by atoms with Crippen molar-refractivity contribution in [3.05, 3.63) is 35.8 Å². The zero-order chi connectivity index (χ0) is 22.0. The molecule has 0 saturated heterocycles. The zero-order valence-electron chi connectivity index (χ0n) is 17.3. The summed E-state index contributed by atoms with van der Waals surface area (Å²) in [5, 5.41) is 6.51. The Balaban J connectivity index is 1.41. The second-order valence-electron chi connectivity index (χ2n) is 9.00. The number of nitrogens with one attached hydrogen (secondary N) is 2. The number of benzene rings is 1. The van der Waals surface area contributed by atoms with Crippen molar-refractivity contribution in [2.24, 2.45) is 23.5 Å². The highest BCUT2D eigenvalue weighted by Gasteiger charge is 2.55. The lowest BCUT2D eigenvalue weighted by molar-refractivity contribution is -0.123. The number of nitrogens with two attached hydrogens (primary N) is 1. The van der Waals surface area contributed by atoms with E-state index in [2.05, 4.69) is 20.6 Å². The van der Waals surface area contributed by atoms with Gasteiger partial charge in [0.05, 0.1) is 17.9 Å². The maximum Gasteiger partial charge on any atom is 0.237 e. The smallest absolute Gasteiger partial charge is 0.237 e. The van der Waals surface area contributed by atoms with Gasteiger partial charge in [-0.25, -0.2) is 9.37 Å². The zero-order valence-corrected chi connectivity index (χ0v) is 18.1. The molecule has 1 aromatic carbocycles. The van der Waals surface area contributed by atoms with Gasteiger partial charge >= 0.3 is 0 Å². The van der Waals surface area contributed by atoms with Crippen molar-refractivity contribution >= 4 is 46.7 Å². The summed E-state index contributed by atoms with van der Waals surface area (Å²) in [7, 11) is 0. The van der Waals surface area contributed by atoms with Gasteiger partial charge in [0.25, 0.3) is 0 Å². The van der Waals surface area contributed by atoms with E-state index < -0.39 is 5.82 Å². The van der Waals surface area contributed by atoms with Gasteiger partial charge < -0.3 is 21.3 Å². The van der Waals surface area contributed by atoms with Crippen LogP contribution in [-0.4, -0.2) is 45.4 Å². The van der Waals surface area contributed by atoms with E-state index in [1.165, 1.54) is 0 Å². The van der Waals surface area contributed by atoms with Crippen LogP contribution in [0.3, 0.4) is 0 Å². The first kappa shape index (κ1) is 19.8. The Hall–Kier alpha value is -2.88. The molecule has 0 spiro atoms. The number of primary amides is 1. The molecular weight excluding hydrogens is 431 g/mol. The summed E-state index contributed by atoms with van der Waals surface area (Å²) in [5.41, 5.74) is 8.49. The summed E-state index contributed by atoms with van der Waals surface area (Å²) < 4.78 is 14.6. The van der Waals surface area contributed by atoms with Crippen LogP contribution >= 0.6 is 11.8 Å². The van der Waals surface area contributed by atoms with Gasteiger partial charge in [0.1, 0.15) is 0 Å². The minimum absolute atomic E-state index is 0.0591. The SMILES string of the molecule is NC(=O)[C@H]1[C@@H]2C[C@H]3[C@H]1Nc1nc(ncc1F)Nc1ccc4c(c1)N(CC4)C(=O)CS[C@@H]3C2. The summed E-state index contributed by atoms with van der Waals surface area (Å²) in [5.74, 6) is -0.330. The molecule has 1 aromatic heterocycles. The fraction of sp³-hybridized carbons (Fsp3) is 0.455. The molecule has 10 heteroatoms. The topological polar surface area (TPSA) is 113 Å². The molecule has 6 rings (SSSR count). The molecule has 2 fully saturated rings. The molecule has 2 aliphatic carbocycles. The van der Waals surface area contributed by atoms with E-state index >= 15 is 0 Å². The monoisotopic (exact) mass is 454 g/mol. The molecule has 5 atom stereocenters. The predicted octanol–water partition coefficient (Wildman–Crippen LogP) is 2.29. The minimum atomic E-state index is -0.578. The number of hydrogen-bond donors (Lipinski definition) is 3. The predicted molar refractivity (Wildman–Crippen MR) is 120 cm³/mol. The summed E-state index contributed by atoms with van der Waals surface area (Å²) >= 11 is 1.64. The number of aromatic nitrogens is 2. The quantitative estimate of drug-likeness (QED) is 0.606. The number of rotatable bonds is 1. The minimum Gasteiger partial charge on any atom is -0.369 e. The third kappa shape index (κ3) is 3.11. The number of anilines is 4. The fourth-order valence-electron chi connectivity index (χ4n) is 5.89. The Morgan fingerprint density at radius 2 is 2.19 bits per heavy atom. The van der Waals surface area contributed by atoms with Gasteiger partial charge in [0.15, 0.2) is 11.6 Å². The first-order chi connectivity index (χ1) is 15.5. The van der Waals surface area contributed by atoms with E-state index in [4.69, 9.17) is 5.73 Å². The van der Waals surface area contributed by atoms with Crippen molar-refractivity contribution in [3.63, 3.8) is 0 Å². The van der Waals surface area contributed by atoms with E-state index in [0.717, 1.165) is 42.4 Å². The van der Waals surface area contributed by atoms with Crippen LogP contribution in [0.15, 0.2) is 24.4 Å². The summed E-state index contributed by atoms with van der Waals surface area (Å²) in [4.78, 5) is 35.6. The van der Waals surface area contributed by atoms with Gasteiger partial charge in [-0.15, -0.1) is 11.8 Å². The summed E-state index contributed by atoms with van der Waals surface area (Å²) in [6.45, 7) is 0.667. The van der Waals surface area contributed by atoms with Crippen molar-refractivity contribution in [2.75, 3.05) is 27.8 Å². The molecule has 8 nitrogen and oxygen atoms in total. The van der Waals surface area contributed by atoms with Gasteiger partial charge in [-0.1, -0.05) is 6.07 Å². The van der Waals surface area contributed by atoms with E-state index in [-0.39, 0.29) is 52.6 Å². The lowest BCUT2D eigenvalue weighted by Gasteiger charge is -2.35. The van der Waals surface area contributed by atoms with Crippen LogP contribution in [-0.2, 0) is 16.0 Å². The number of carbonyl (C=O) groups is 2. The van der Waals surface area contributed by atoms with Gasteiger partial charge in [-0.05, 0) is 48.8 Å². The highest BCUT2D eigenvalue weighted by molar-refractivity contribution is 8.00. The maximum absolute atomic E-state index is 14.6. The van der Waals surface area contributed by atoms with Crippen LogP contribution < -0.4 is 21.3 Å². The Kier molecular flexibility index (Phi) is 4.53. The van der Waals surface area contributed by atoms with Crippen LogP contribution in [0.2, 0.25) is 0 Å². The molecule has 0 unspecified atom stereocenters. The molecule has 2 aromatic rings. The molecule has 32 heavy (non-hydrogen) atoms. The molecule has 0 radical (unpaired) electrons. The molecule has 3 heterocycles. The Bertz CT molecular complexity index is 1130. The van der Waals surface area contributed by atoms with Crippen molar-refractivity contribution < 1.29 is 14.0 Å². The fourth-order valence-corrected chi connectivity index (χ4v) is 7.31. The largest absolute Gasteiger partial charge is 0.369 e. The molecule has 4 N–H and O–H groups in total. The molecule has 166 valence electrons. The number of fused-ring (bicyclic) bond motifs is 4. The number of halogens is 1. The molecule has 6 bridgehead atoms. The van der Waals surface area contributed by atoms with E-state index in [1.54, 1.807) is 11.8 Å². The highest BCUT2D eigenvalue weighted by Crippen LogP contribution is 2.53. The Morgan fingerprint density at radius 3 is 3.03 bits per heavy atom. The highest BCUT2D eigenvalue weighted by atomic mass is 32.2. The van der Waals surface area contributed by atoms with E-state index in [1.807, 2.05) is 23.1 Å². The van der Waals surface area contributed by atoms with Crippen LogP contribution in [0.4, 0.5) is 27.5 Å². The lowest BCUT2D eigenvalue weighted by atomic mass is 9.83. The first-order valence-electron chi connectivity index (χ1n) is 10.9. The average molecular weight is 455 g/mol.